The van der Waals surface area contributed by atoms with Crippen LogP contribution < -0.4 is 5.32 Å². The fourth-order valence-corrected chi connectivity index (χ4v) is 3.74. The van der Waals surface area contributed by atoms with Crippen LogP contribution in [0.1, 0.15) is 32.1 Å². The molecule has 21 heavy (non-hydrogen) atoms. The van der Waals surface area contributed by atoms with Crippen molar-refractivity contribution in [3.8, 4) is 0 Å². The number of nitrogens with one attached hydrogen (secondary N) is 1. The van der Waals surface area contributed by atoms with E-state index in [1.165, 1.54) is 45.2 Å². The number of piperazine rings is 1. The Morgan fingerprint density at radius 2 is 1.52 bits per heavy atom. The Balaban J connectivity index is 1.37. The molecular formula is C16H30N4O. The predicted molar refractivity (Wildman–Crippen MR) is 84.3 cm³/mol. The van der Waals surface area contributed by atoms with Crippen molar-refractivity contribution in [2.24, 2.45) is 0 Å². The third-order valence-electron chi connectivity index (χ3n) is 5.17. The SMILES string of the molecule is O=C(CN1CC(N2CCNCC2)C1)N1CCCCCCC1. The van der Waals surface area contributed by atoms with E-state index >= 15 is 0 Å². The van der Waals surface area contributed by atoms with Gasteiger partial charge in [0.15, 0.2) is 0 Å². The van der Waals surface area contributed by atoms with Gasteiger partial charge in [-0.2, -0.15) is 0 Å². The van der Waals surface area contributed by atoms with Crippen molar-refractivity contribution in [3.63, 3.8) is 0 Å². The molecule has 0 atom stereocenters. The molecule has 3 aliphatic rings. The van der Waals surface area contributed by atoms with Crippen LogP contribution in [0, 0.1) is 0 Å². The summed E-state index contributed by atoms with van der Waals surface area (Å²) in [6.45, 7) is 9.33. The molecule has 0 radical (unpaired) electrons. The number of hydrogen-bond acceptors (Lipinski definition) is 4. The minimum Gasteiger partial charge on any atom is -0.342 e. The zero-order chi connectivity index (χ0) is 14.5. The molecule has 3 fully saturated rings. The average molecular weight is 294 g/mol. The van der Waals surface area contributed by atoms with Crippen molar-refractivity contribution in [1.82, 2.24) is 20.0 Å². The second-order valence-electron chi connectivity index (χ2n) is 6.78. The average Bonchev–Trinajstić information content (AvgIpc) is 2.42. The Morgan fingerprint density at radius 3 is 2.19 bits per heavy atom. The monoisotopic (exact) mass is 294 g/mol. The van der Waals surface area contributed by atoms with Gasteiger partial charge < -0.3 is 10.2 Å². The lowest BCUT2D eigenvalue weighted by molar-refractivity contribution is -0.134. The van der Waals surface area contributed by atoms with Crippen LogP contribution in [0.3, 0.4) is 0 Å². The molecular weight excluding hydrogens is 264 g/mol. The van der Waals surface area contributed by atoms with Crippen LogP contribution in [0.2, 0.25) is 0 Å². The zero-order valence-corrected chi connectivity index (χ0v) is 13.2. The number of amides is 1. The van der Waals surface area contributed by atoms with Gasteiger partial charge in [-0.05, 0) is 12.8 Å². The first-order valence-corrected chi connectivity index (χ1v) is 8.78. The van der Waals surface area contributed by atoms with Gasteiger partial charge >= 0.3 is 0 Å². The Kier molecular flexibility index (Phi) is 5.49. The standard InChI is InChI=1S/C16H30N4O/c21-16(20-8-4-2-1-3-5-9-20)14-18-12-15(13-18)19-10-6-17-7-11-19/h15,17H,1-14H2. The van der Waals surface area contributed by atoms with Crippen molar-refractivity contribution in [3.05, 3.63) is 0 Å². The molecule has 5 heteroatoms. The van der Waals surface area contributed by atoms with E-state index in [0.717, 1.165) is 39.3 Å². The number of carbonyl (C=O) groups excluding carboxylic acids is 1. The topological polar surface area (TPSA) is 38.8 Å². The highest BCUT2D eigenvalue weighted by Gasteiger charge is 2.33. The van der Waals surface area contributed by atoms with Crippen LogP contribution in [0.5, 0.6) is 0 Å². The fraction of sp³-hybridized carbons (Fsp3) is 0.938. The zero-order valence-electron chi connectivity index (χ0n) is 13.2. The van der Waals surface area contributed by atoms with Crippen LogP contribution in [-0.4, -0.2) is 85.6 Å². The third-order valence-corrected chi connectivity index (χ3v) is 5.17. The summed E-state index contributed by atoms with van der Waals surface area (Å²) >= 11 is 0. The number of likely N-dealkylation sites (tertiary alicyclic amines) is 2. The molecule has 1 N–H and O–H groups in total. The Morgan fingerprint density at radius 1 is 0.905 bits per heavy atom. The summed E-state index contributed by atoms with van der Waals surface area (Å²) in [7, 11) is 0. The van der Waals surface area contributed by atoms with Crippen molar-refractivity contribution < 1.29 is 4.79 Å². The maximum Gasteiger partial charge on any atom is 0.236 e. The van der Waals surface area contributed by atoms with Crippen molar-refractivity contribution in [2.45, 2.75) is 38.1 Å². The van der Waals surface area contributed by atoms with Gasteiger partial charge in [0.1, 0.15) is 0 Å². The molecule has 1 amide bonds. The smallest absolute Gasteiger partial charge is 0.236 e. The summed E-state index contributed by atoms with van der Waals surface area (Å²) in [5.74, 6) is 0.357. The molecule has 5 nitrogen and oxygen atoms in total. The van der Waals surface area contributed by atoms with Gasteiger partial charge in [0.2, 0.25) is 5.91 Å². The highest BCUT2D eigenvalue weighted by molar-refractivity contribution is 5.78. The summed E-state index contributed by atoms with van der Waals surface area (Å²) in [6.07, 6.45) is 6.31. The van der Waals surface area contributed by atoms with Crippen molar-refractivity contribution in [2.75, 3.05) is 58.9 Å². The molecule has 0 spiro atoms. The first kappa shape index (κ1) is 15.3. The molecule has 3 rings (SSSR count). The number of hydrogen-bond donors (Lipinski definition) is 1. The minimum absolute atomic E-state index is 0.357. The van der Waals surface area contributed by atoms with Crippen LogP contribution in [0.4, 0.5) is 0 Å². The summed E-state index contributed by atoms with van der Waals surface area (Å²) in [5.41, 5.74) is 0. The molecule has 0 unspecified atom stereocenters. The van der Waals surface area contributed by atoms with Gasteiger partial charge in [-0.15, -0.1) is 0 Å². The number of nitrogens with zero attached hydrogens (tertiary/aromatic N) is 3. The van der Waals surface area contributed by atoms with Crippen molar-refractivity contribution >= 4 is 5.91 Å². The van der Waals surface area contributed by atoms with E-state index in [9.17, 15) is 4.79 Å². The quantitative estimate of drug-likeness (QED) is 0.816. The molecule has 0 bridgehead atoms. The third kappa shape index (κ3) is 4.18. The first-order valence-electron chi connectivity index (χ1n) is 8.78. The van der Waals surface area contributed by atoms with E-state index in [-0.39, 0.29) is 0 Å². The van der Waals surface area contributed by atoms with E-state index < -0.39 is 0 Å². The molecule has 3 aliphatic heterocycles. The maximum absolute atomic E-state index is 12.4. The van der Waals surface area contributed by atoms with E-state index in [2.05, 4.69) is 20.0 Å². The molecule has 0 saturated carbocycles. The summed E-state index contributed by atoms with van der Waals surface area (Å²) < 4.78 is 0. The molecule has 3 saturated heterocycles. The lowest BCUT2D eigenvalue weighted by Crippen LogP contribution is -2.63. The number of carbonyl (C=O) groups is 1. The van der Waals surface area contributed by atoms with Crippen LogP contribution in [0.25, 0.3) is 0 Å². The molecule has 3 heterocycles. The Hall–Kier alpha value is -0.650. The normalized spacial score (nSPS) is 27.0. The van der Waals surface area contributed by atoms with E-state index in [4.69, 9.17) is 0 Å². The molecule has 120 valence electrons. The highest BCUT2D eigenvalue weighted by atomic mass is 16.2. The fourth-order valence-electron chi connectivity index (χ4n) is 3.74. The lowest BCUT2D eigenvalue weighted by Gasteiger charge is -2.47. The minimum atomic E-state index is 0.357. The van der Waals surface area contributed by atoms with Gasteiger partial charge in [0, 0.05) is 58.4 Å². The van der Waals surface area contributed by atoms with Gasteiger partial charge in [0.25, 0.3) is 0 Å². The highest BCUT2D eigenvalue weighted by Crippen LogP contribution is 2.16. The second kappa shape index (κ2) is 7.56. The van der Waals surface area contributed by atoms with Crippen LogP contribution in [0.15, 0.2) is 0 Å². The summed E-state index contributed by atoms with van der Waals surface area (Å²) in [6, 6.07) is 0.687. The van der Waals surface area contributed by atoms with E-state index in [1.807, 2.05) is 0 Å². The molecule has 0 aromatic carbocycles. The van der Waals surface area contributed by atoms with Gasteiger partial charge in [-0.3, -0.25) is 14.6 Å². The van der Waals surface area contributed by atoms with E-state index in [0.29, 0.717) is 18.5 Å². The van der Waals surface area contributed by atoms with Crippen molar-refractivity contribution in [1.29, 1.82) is 0 Å². The Bertz CT molecular complexity index is 329. The molecule has 0 aromatic heterocycles. The summed E-state index contributed by atoms with van der Waals surface area (Å²) in [5, 5.41) is 3.40. The predicted octanol–water partition coefficient (Wildman–Crippen LogP) is 0.369. The van der Waals surface area contributed by atoms with Crippen LogP contribution in [-0.2, 0) is 4.79 Å². The summed E-state index contributed by atoms with van der Waals surface area (Å²) in [4.78, 5) is 19.4. The Labute approximate surface area is 128 Å². The van der Waals surface area contributed by atoms with Gasteiger partial charge in [0.05, 0.1) is 6.54 Å². The first-order chi connectivity index (χ1) is 10.3. The van der Waals surface area contributed by atoms with Gasteiger partial charge in [-0.1, -0.05) is 19.3 Å². The molecule has 0 aromatic rings. The molecule has 0 aliphatic carbocycles. The van der Waals surface area contributed by atoms with Crippen LogP contribution >= 0.6 is 0 Å². The maximum atomic E-state index is 12.4. The largest absolute Gasteiger partial charge is 0.342 e. The second-order valence-corrected chi connectivity index (χ2v) is 6.78. The van der Waals surface area contributed by atoms with Gasteiger partial charge in [-0.25, -0.2) is 0 Å². The number of rotatable bonds is 3. The van der Waals surface area contributed by atoms with E-state index in [1.54, 1.807) is 0 Å². The lowest BCUT2D eigenvalue weighted by atomic mass is 10.1.